The van der Waals surface area contributed by atoms with Gasteiger partial charge in [-0.1, -0.05) is 19.4 Å². The van der Waals surface area contributed by atoms with Crippen LogP contribution in [0.1, 0.15) is 45.1 Å². The number of hydrogen-bond acceptors (Lipinski definition) is 2. The minimum atomic E-state index is -0.113. The Morgan fingerprint density at radius 3 is 2.65 bits per heavy atom. The smallest absolute Gasteiger partial charge is 0.128 e. The molecule has 2 rings (SSSR count). The summed E-state index contributed by atoms with van der Waals surface area (Å²) in [5, 5.41) is 0. The molecule has 0 amide bonds. The van der Waals surface area contributed by atoms with E-state index in [-0.39, 0.29) is 11.9 Å². The third kappa shape index (κ3) is 3.51. The second-order valence-corrected chi connectivity index (χ2v) is 5.95. The van der Waals surface area contributed by atoms with E-state index in [4.69, 9.17) is 5.73 Å². The minimum absolute atomic E-state index is 0.0352. The molecule has 0 saturated heterocycles. The molecule has 112 valence electrons. The van der Waals surface area contributed by atoms with Gasteiger partial charge in [0.25, 0.3) is 0 Å². The molecule has 1 saturated carbocycles. The van der Waals surface area contributed by atoms with Gasteiger partial charge < -0.3 is 10.6 Å². The van der Waals surface area contributed by atoms with Gasteiger partial charge in [-0.25, -0.2) is 4.39 Å². The normalized spacial score (nSPS) is 16.8. The van der Waals surface area contributed by atoms with Crippen molar-refractivity contribution in [2.75, 3.05) is 18.0 Å². The van der Waals surface area contributed by atoms with Crippen molar-refractivity contribution in [3.8, 4) is 0 Å². The van der Waals surface area contributed by atoms with Gasteiger partial charge in [-0.15, -0.1) is 0 Å². The maximum absolute atomic E-state index is 14.2. The van der Waals surface area contributed by atoms with E-state index >= 15 is 0 Å². The van der Waals surface area contributed by atoms with Crippen LogP contribution in [0.4, 0.5) is 10.1 Å². The quantitative estimate of drug-likeness (QED) is 0.823. The molecule has 0 aliphatic heterocycles. The van der Waals surface area contributed by atoms with Crippen LogP contribution in [-0.4, -0.2) is 19.1 Å². The zero-order valence-corrected chi connectivity index (χ0v) is 12.7. The van der Waals surface area contributed by atoms with Gasteiger partial charge in [0.05, 0.1) is 0 Å². The van der Waals surface area contributed by atoms with Crippen molar-refractivity contribution in [2.45, 2.75) is 52.0 Å². The first kappa shape index (κ1) is 15.3. The zero-order chi connectivity index (χ0) is 14.5. The summed E-state index contributed by atoms with van der Waals surface area (Å²) in [6, 6.07) is 5.45. The standard InChI is InChI=1S/C17H27FN2/c1-3-14(19)11-15-16(18)9-6-10-17(15)20(4-2)12-13-7-5-8-13/h6,9-10,13-14H,3-5,7-8,11-12,19H2,1-2H3. The van der Waals surface area contributed by atoms with Crippen molar-refractivity contribution in [1.82, 2.24) is 0 Å². The Kier molecular flexibility index (Phi) is 5.41. The number of halogens is 1. The van der Waals surface area contributed by atoms with E-state index < -0.39 is 0 Å². The predicted octanol–water partition coefficient (Wildman–Crippen LogP) is 3.73. The van der Waals surface area contributed by atoms with E-state index in [1.165, 1.54) is 19.3 Å². The molecule has 0 bridgehead atoms. The third-order valence-corrected chi connectivity index (χ3v) is 4.51. The summed E-state index contributed by atoms with van der Waals surface area (Å²) >= 11 is 0. The number of nitrogens with zero attached hydrogens (tertiary/aromatic N) is 1. The van der Waals surface area contributed by atoms with E-state index in [0.29, 0.717) is 6.42 Å². The lowest BCUT2D eigenvalue weighted by molar-refractivity contribution is 0.318. The molecule has 2 nitrogen and oxygen atoms in total. The van der Waals surface area contributed by atoms with Crippen molar-refractivity contribution in [1.29, 1.82) is 0 Å². The largest absolute Gasteiger partial charge is 0.371 e. The van der Waals surface area contributed by atoms with Gasteiger partial charge in [0.1, 0.15) is 5.82 Å². The van der Waals surface area contributed by atoms with Gasteiger partial charge >= 0.3 is 0 Å². The van der Waals surface area contributed by atoms with Crippen molar-refractivity contribution < 1.29 is 4.39 Å². The molecule has 1 aliphatic rings. The van der Waals surface area contributed by atoms with Crippen LogP contribution in [-0.2, 0) is 6.42 Å². The molecule has 20 heavy (non-hydrogen) atoms. The second-order valence-electron chi connectivity index (χ2n) is 5.95. The number of rotatable bonds is 7. The highest BCUT2D eigenvalue weighted by molar-refractivity contribution is 5.54. The average molecular weight is 278 g/mol. The third-order valence-electron chi connectivity index (χ3n) is 4.51. The molecule has 0 heterocycles. The SMILES string of the molecule is CCC(N)Cc1c(F)cccc1N(CC)CC1CCC1. The van der Waals surface area contributed by atoms with E-state index in [0.717, 1.165) is 36.7 Å². The van der Waals surface area contributed by atoms with Gasteiger partial charge in [0, 0.05) is 30.4 Å². The number of anilines is 1. The van der Waals surface area contributed by atoms with Gasteiger partial charge in [0.15, 0.2) is 0 Å². The monoisotopic (exact) mass is 278 g/mol. The second kappa shape index (κ2) is 7.07. The lowest BCUT2D eigenvalue weighted by Gasteiger charge is -2.34. The molecule has 1 aromatic rings. The Bertz CT molecular complexity index is 429. The summed E-state index contributed by atoms with van der Waals surface area (Å²) in [5.41, 5.74) is 7.88. The summed E-state index contributed by atoms with van der Waals surface area (Å²) in [5.74, 6) is 0.671. The molecule has 1 aliphatic carbocycles. The predicted molar refractivity (Wildman–Crippen MR) is 83.6 cm³/mol. The molecule has 1 aromatic carbocycles. The molecular formula is C17H27FN2. The molecule has 1 unspecified atom stereocenters. The first-order chi connectivity index (χ1) is 9.65. The zero-order valence-electron chi connectivity index (χ0n) is 12.7. The van der Waals surface area contributed by atoms with Crippen LogP contribution in [0.5, 0.6) is 0 Å². The first-order valence-electron chi connectivity index (χ1n) is 7.93. The Morgan fingerprint density at radius 2 is 2.10 bits per heavy atom. The van der Waals surface area contributed by atoms with Crippen molar-refractivity contribution in [3.63, 3.8) is 0 Å². The highest BCUT2D eigenvalue weighted by Gasteiger charge is 2.22. The average Bonchev–Trinajstić information content (AvgIpc) is 2.40. The lowest BCUT2D eigenvalue weighted by atomic mass is 9.85. The van der Waals surface area contributed by atoms with Crippen LogP contribution >= 0.6 is 0 Å². The van der Waals surface area contributed by atoms with E-state index in [1.54, 1.807) is 6.07 Å². The number of benzene rings is 1. The lowest BCUT2D eigenvalue weighted by Crippen LogP contribution is -2.34. The first-order valence-corrected chi connectivity index (χ1v) is 7.93. The maximum Gasteiger partial charge on any atom is 0.128 e. The molecular weight excluding hydrogens is 251 g/mol. The molecule has 1 atom stereocenters. The van der Waals surface area contributed by atoms with E-state index in [9.17, 15) is 4.39 Å². The number of nitrogens with two attached hydrogens (primary N) is 1. The van der Waals surface area contributed by atoms with Crippen LogP contribution in [0.15, 0.2) is 18.2 Å². The molecule has 1 fully saturated rings. The van der Waals surface area contributed by atoms with E-state index in [2.05, 4.69) is 18.7 Å². The summed E-state index contributed by atoms with van der Waals surface area (Å²) < 4.78 is 14.2. The summed E-state index contributed by atoms with van der Waals surface area (Å²) in [6.45, 7) is 6.17. The van der Waals surface area contributed by atoms with Crippen LogP contribution < -0.4 is 10.6 Å². The van der Waals surface area contributed by atoms with Crippen LogP contribution in [0, 0.1) is 11.7 Å². The highest BCUT2D eigenvalue weighted by atomic mass is 19.1. The minimum Gasteiger partial charge on any atom is -0.371 e. The molecule has 3 heteroatoms. The van der Waals surface area contributed by atoms with Crippen molar-refractivity contribution in [2.24, 2.45) is 11.7 Å². The summed E-state index contributed by atoms with van der Waals surface area (Å²) in [4.78, 5) is 2.32. The van der Waals surface area contributed by atoms with Gasteiger partial charge in [-0.05, 0) is 50.7 Å². The summed E-state index contributed by atoms with van der Waals surface area (Å²) in [6.07, 6.45) is 5.48. The van der Waals surface area contributed by atoms with Crippen LogP contribution in [0.3, 0.4) is 0 Å². The Balaban J connectivity index is 2.20. The topological polar surface area (TPSA) is 29.3 Å². The molecule has 2 N–H and O–H groups in total. The Morgan fingerprint density at radius 1 is 1.35 bits per heavy atom. The fourth-order valence-electron chi connectivity index (χ4n) is 2.84. The number of hydrogen-bond donors (Lipinski definition) is 1. The van der Waals surface area contributed by atoms with Gasteiger partial charge in [-0.3, -0.25) is 0 Å². The van der Waals surface area contributed by atoms with Crippen LogP contribution in [0.25, 0.3) is 0 Å². The molecule has 0 aromatic heterocycles. The Labute approximate surface area is 122 Å². The Hall–Kier alpha value is -1.09. The molecule has 0 spiro atoms. The summed E-state index contributed by atoms with van der Waals surface area (Å²) in [7, 11) is 0. The van der Waals surface area contributed by atoms with Crippen molar-refractivity contribution in [3.05, 3.63) is 29.6 Å². The van der Waals surface area contributed by atoms with Crippen molar-refractivity contribution >= 4 is 5.69 Å². The molecule has 0 radical (unpaired) electrons. The van der Waals surface area contributed by atoms with Gasteiger partial charge in [-0.2, -0.15) is 0 Å². The fourth-order valence-corrected chi connectivity index (χ4v) is 2.84. The van der Waals surface area contributed by atoms with Crippen LogP contribution in [0.2, 0.25) is 0 Å². The highest BCUT2D eigenvalue weighted by Crippen LogP contribution is 2.31. The van der Waals surface area contributed by atoms with Gasteiger partial charge in [0.2, 0.25) is 0 Å². The van der Waals surface area contributed by atoms with E-state index in [1.807, 2.05) is 12.1 Å². The maximum atomic E-state index is 14.2. The fraction of sp³-hybridized carbons (Fsp3) is 0.647.